The summed E-state index contributed by atoms with van der Waals surface area (Å²) in [6.07, 6.45) is -3.75. The molecule has 0 radical (unpaired) electrons. The molecule has 0 aliphatic rings. The molecule has 7 amide bonds. The summed E-state index contributed by atoms with van der Waals surface area (Å²) in [5, 5.41) is 55.4. The van der Waals surface area contributed by atoms with Crippen LogP contribution in [-0.4, -0.2) is 128 Å². The van der Waals surface area contributed by atoms with Gasteiger partial charge in [0.05, 0.1) is 18.9 Å². The fourth-order valence-electron chi connectivity index (χ4n) is 6.08. The summed E-state index contributed by atoms with van der Waals surface area (Å²) in [4.78, 5) is 128. The van der Waals surface area contributed by atoms with E-state index in [0.29, 0.717) is 11.1 Å². The predicted molar refractivity (Wildman–Crippen MR) is 223 cm³/mol. The van der Waals surface area contributed by atoms with E-state index in [0.717, 1.165) is 12.5 Å². The first kappa shape index (κ1) is 52.2. The van der Waals surface area contributed by atoms with Gasteiger partial charge in [0.2, 0.25) is 41.4 Å². The highest BCUT2D eigenvalue weighted by atomic mass is 16.4. The molecule has 0 aromatic heterocycles. The van der Waals surface area contributed by atoms with Crippen LogP contribution in [0.2, 0.25) is 0 Å². The second-order valence-electron chi connectivity index (χ2n) is 15.5. The quantitative estimate of drug-likeness (QED) is 0.0551. The van der Waals surface area contributed by atoms with Crippen molar-refractivity contribution >= 4 is 59.3 Å². The standard InChI is InChI=1S/C42H57N7O14/c1-21(2)16-28(47-41(61)35(24(5)50)49-40(60)29(44-25(6)51)17-26-10-8-7-9-11-26)38(58)46-30(19-33(52)53)37(57)43-23(4)36(56)45-31(20-34(54)55)39(59)48-32(42(62)63)18-27-14-12-22(3)13-15-27/h7-15,21,23-24,28-32,35,50H,16-20H2,1-6H3,(H,43,57)(H,44,51)(H,45,56)(H,46,58)(H,47,61)(H,48,59)(H,49,60)(H,52,53)(H,54,55)(H,62,63)/t23-,24+,28-,29-,30-,31-,32-,35-/m0/s1. The zero-order chi connectivity index (χ0) is 47.6. The summed E-state index contributed by atoms with van der Waals surface area (Å²) in [5.41, 5.74) is 2.13. The molecule has 21 heteroatoms. The van der Waals surface area contributed by atoms with Gasteiger partial charge < -0.3 is 57.6 Å². The summed E-state index contributed by atoms with van der Waals surface area (Å²) in [5.74, 6) is -11.8. The number of aryl methyl sites for hydroxylation is 1. The normalized spacial score (nSPS) is 14.7. The number of amides is 7. The van der Waals surface area contributed by atoms with E-state index < -0.39 is 120 Å². The number of hydrogen-bond acceptors (Lipinski definition) is 11. The summed E-state index contributed by atoms with van der Waals surface area (Å²) >= 11 is 0. The molecule has 2 aromatic rings. The van der Waals surface area contributed by atoms with Crippen molar-refractivity contribution in [3.05, 3.63) is 71.3 Å². The number of nitrogens with one attached hydrogen (secondary N) is 7. The summed E-state index contributed by atoms with van der Waals surface area (Å²) in [7, 11) is 0. The predicted octanol–water partition coefficient (Wildman–Crippen LogP) is -1.33. The van der Waals surface area contributed by atoms with Gasteiger partial charge in [-0.15, -0.1) is 0 Å². The molecule has 0 aliphatic carbocycles. The molecule has 0 heterocycles. The van der Waals surface area contributed by atoms with Crippen LogP contribution in [-0.2, 0) is 60.8 Å². The largest absolute Gasteiger partial charge is 0.481 e. The average molecular weight is 884 g/mol. The number of benzene rings is 2. The third kappa shape index (κ3) is 18.7. The van der Waals surface area contributed by atoms with Crippen LogP contribution in [0.5, 0.6) is 0 Å². The molecule has 0 fully saturated rings. The van der Waals surface area contributed by atoms with Crippen LogP contribution >= 0.6 is 0 Å². The number of aliphatic carboxylic acids is 3. The Morgan fingerprint density at radius 2 is 0.952 bits per heavy atom. The molecule has 0 unspecified atom stereocenters. The first-order valence-electron chi connectivity index (χ1n) is 20.0. The van der Waals surface area contributed by atoms with Crippen LogP contribution in [0.25, 0.3) is 0 Å². The molecule has 344 valence electrons. The Hall–Kier alpha value is -6.90. The summed E-state index contributed by atoms with van der Waals surface area (Å²) in [6, 6.07) is 4.34. The van der Waals surface area contributed by atoms with Crippen LogP contribution in [0.15, 0.2) is 54.6 Å². The van der Waals surface area contributed by atoms with Crippen LogP contribution in [0.3, 0.4) is 0 Å². The van der Waals surface area contributed by atoms with Crippen molar-refractivity contribution in [3.8, 4) is 0 Å². The minimum absolute atomic E-state index is 0.0343. The van der Waals surface area contributed by atoms with Gasteiger partial charge in [0.1, 0.15) is 42.3 Å². The van der Waals surface area contributed by atoms with Gasteiger partial charge in [-0.2, -0.15) is 0 Å². The third-order valence-electron chi connectivity index (χ3n) is 9.33. The number of rotatable bonds is 25. The smallest absolute Gasteiger partial charge is 0.326 e. The fraction of sp³-hybridized carbons (Fsp3) is 0.476. The molecule has 63 heavy (non-hydrogen) atoms. The number of carbonyl (C=O) groups excluding carboxylic acids is 7. The van der Waals surface area contributed by atoms with Crippen LogP contribution in [0, 0.1) is 12.8 Å². The van der Waals surface area contributed by atoms with Gasteiger partial charge in [-0.25, -0.2) is 4.79 Å². The molecule has 2 aromatic carbocycles. The van der Waals surface area contributed by atoms with Gasteiger partial charge in [-0.3, -0.25) is 43.2 Å². The van der Waals surface area contributed by atoms with Gasteiger partial charge in [-0.05, 0) is 44.2 Å². The highest BCUT2D eigenvalue weighted by Gasteiger charge is 2.35. The second kappa shape index (κ2) is 25.1. The zero-order valence-electron chi connectivity index (χ0n) is 35.8. The van der Waals surface area contributed by atoms with E-state index in [1.165, 1.54) is 13.8 Å². The minimum Gasteiger partial charge on any atom is -0.481 e. The number of aliphatic hydroxyl groups is 1. The number of carbonyl (C=O) groups is 10. The van der Waals surface area contributed by atoms with E-state index in [4.69, 9.17) is 0 Å². The van der Waals surface area contributed by atoms with Crippen molar-refractivity contribution in [3.63, 3.8) is 0 Å². The fourth-order valence-corrected chi connectivity index (χ4v) is 6.08. The van der Waals surface area contributed by atoms with Crippen molar-refractivity contribution in [1.82, 2.24) is 37.2 Å². The molecule has 0 saturated carbocycles. The lowest BCUT2D eigenvalue weighted by Gasteiger charge is -2.28. The Labute approximate surface area is 363 Å². The molecular weight excluding hydrogens is 826 g/mol. The molecule has 0 spiro atoms. The minimum atomic E-state index is -1.86. The Morgan fingerprint density at radius 3 is 1.44 bits per heavy atom. The number of carboxylic acids is 3. The van der Waals surface area contributed by atoms with Crippen molar-refractivity contribution in [2.24, 2.45) is 5.92 Å². The molecular formula is C42H57N7O14. The number of carboxylic acid groups (broad SMARTS) is 3. The number of aliphatic hydroxyl groups excluding tert-OH is 1. The monoisotopic (exact) mass is 883 g/mol. The lowest BCUT2D eigenvalue weighted by molar-refractivity contribution is -0.143. The van der Waals surface area contributed by atoms with Crippen LogP contribution in [0.1, 0.15) is 70.6 Å². The molecule has 8 atom stereocenters. The van der Waals surface area contributed by atoms with Gasteiger partial charge in [-0.1, -0.05) is 74.0 Å². The first-order valence-corrected chi connectivity index (χ1v) is 20.0. The van der Waals surface area contributed by atoms with Crippen LogP contribution < -0.4 is 37.2 Å². The van der Waals surface area contributed by atoms with E-state index in [9.17, 15) is 68.4 Å². The second-order valence-corrected chi connectivity index (χ2v) is 15.5. The Bertz CT molecular complexity index is 1960. The van der Waals surface area contributed by atoms with E-state index in [-0.39, 0.29) is 25.2 Å². The Morgan fingerprint density at radius 1 is 0.508 bits per heavy atom. The van der Waals surface area contributed by atoms with E-state index in [1.54, 1.807) is 68.4 Å². The first-order chi connectivity index (χ1) is 29.5. The number of hydrogen-bond donors (Lipinski definition) is 11. The van der Waals surface area contributed by atoms with Crippen molar-refractivity contribution in [2.75, 3.05) is 0 Å². The highest BCUT2D eigenvalue weighted by Crippen LogP contribution is 2.11. The van der Waals surface area contributed by atoms with Gasteiger partial charge >= 0.3 is 17.9 Å². The third-order valence-corrected chi connectivity index (χ3v) is 9.33. The van der Waals surface area contributed by atoms with E-state index in [1.807, 2.05) is 6.92 Å². The summed E-state index contributed by atoms with van der Waals surface area (Å²) < 4.78 is 0. The van der Waals surface area contributed by atoms with Crippen molar-refractivity contribution < 1.29 is 68.4 Å². The SMILES string of the molecule is CC(=O)N[C@@H](Cc1ccccc1)C(=O)N[C@H](C(=O)N[C@@H](CC(C)C)C(=O)N[C@@H](CC(=O)O)C(=O)N[C@@H](C)C(=O)N[C@@H](CC(=O)O)C(=O)N[C@@H](Cc1ccc(C)cc1)C(=O)O)[C@@H](C)O. The molecule has 21 nitrogen and oxygen atoms in total. The molecule has 0 aliphatic heterocycles. The molecule has 2 rings (SSSR count). The van der Waals surface area contributed by atoms with Crippen molar-refractivity contribution in [1.29, 1.82) is 0 Å². The lowest BCUT2D eigenvalue weighted by Crippen LogP contribution is -2.61. The Balaban J connectivity index is 2.21. The maximum absolute atomic E-state index is 13.6. The maximum atomic E-state index is 13.6. The van der Waals surface area contributed by atoms with Crippen LogP contribution in [0.4, 0.5) is 0 Å². The van der Waals surface area contributed by atoms with E-state index in [2.05, 4.69) is 37.2 Å². The lowest BCUT2D eigenvalue weighted by atomic mass is 10.0. The average Bonchev–Trinajstić information content (AvgIpc) is 3.18. The van der Waals surface area contributed by atoms with Gasteiger partial charge in [0.15, 0.2) is 0 Å². The van der Waals surface area contributed by atoms with Gasteiger partial charge in [0, 0.05) is 19.8 Å². The molecule has 0 bridgehead atoms. The topological polar surface area (TPSA) is 336 Å². The highest BCUT2D eigenvalue weighted by molar-refractivity contribution is 5.98. The Kier molecular flexibility index (Phi) is 20.8. The summed E-state index contributed by atoms with van der Waals surface area (Å²) in [6.45, 7) is 8.70. The van der Waals surface area contributed by atoms with Gasteiger partial charge in [0.25, 0.3) is 0 Å². The van der Waals surface area contributed by atoms with Crippen molar-refractivity contribution in [2.45, 2.75) is 122 Å². The molecule has 0 saturated heterocycles. The molecule has 11 N–H and O–H groups in total. The van der Waals surface area contributed by atoms with E-state index >= 15 is 0 Å². The zero-order valence-corrected chi connectivity index (χ0v) is 35.8. The maximum Gasteiger partial charge on any atom is 0.326 e.